The van der Waals surface area contributed by atoms with E-state index in [1.807, 2.05) is 77.7 Å². The number of ether oxygens (including phenoxy) is 4. The Labute approximate surface area is 428 Å². The molecule has 10 rings (SSSR count). The summed E-state index contributed by atoms with van der Waals surface area (Å²) < 4.78 is 24.4. The SMILES string of the molecule is COc1ccc(C#Cc2ccc3c(c2)C2(C(=O)N3C(=O)OCc3ccc([N+](=O)[O-])cc3)C(C(=O)N3CCCCCCC3)C3C(=O)OC(c4ccccc4)C(c4ccccc4)N3C2c2ccccc2OCCO)cc1. The van der Waals surface area contributed by atoms with Crippen molar-refractivity contribution in [3.8, 4) is 23.3 Å². The Hall–Kier alpha value is -8.32. The maximum atomic E-state index is 16.9. The Kier molecular flexibility index (Phi) is 14.3. The zero-order chi connectivity index (χ0) is 51.3. The molecule has 3 saturated heterocycles. The fourth-order valence-electron chi connectivity index (χ4n) is 11.3. The number of fused-ring (bicyclic) bond motifs is 3. The van der Waals surface area contributed by atoms with E-state index >= 15 is 19.2 Å². The number of aliphatic hydroxyl groups excluding tert-OH is 1. The number of hydrogen-bond donors (Lipinski definition) is 1. The van der Waals surface area contributed by atoms with Crippen LogP contribution in [0.25, 0.3) is 0 Å². The number of esters is 1. The largest absolute Gasteiger partial charge is 0.497 e. The molecule has 6 atom stereocenters. The standard InChI is InChI=1S/C59H54N4O11/c1-71-45-30-25-39(26-31-45)21-22-40-27-32-48-47(37-40)59(57(67)61(48)58(68)73-38-41-23-28-44(29-24-41)63(69)70)50(55(65)60-33-13-3-2-4-14-34-60)52-56(66)74-53(43-17-9-6-10-18-43)51(42-15-7-5-8-16-42)62(52)54(59)46-19-11-12-20-49(46)72-36-35-64/h5-12,15-20,23-32,37,50-54,64H,2-4,13-14,33-36,38H2,1H3. The summed E-state index contributed by atoms with van der Waals surface area (Å²) in [5, 5.41) is 21.7. The van der Waals surface area contributed by atoms with Crippen LogP contribution in [0, 0.1) is 27.9 Å². The molecule has 15 heteroatoms. The van der Waals surface area contributed by atoms with Gasteiger partial charge in [0.15, 0.2) is 0 Å². The molecule has 74 heavy (non-hydrogen) atoms. The number of nitrogens with zero attached hydrogens (tertiary/aromatic N) is 4. The molecule has 6 unspecified atom stereocenters. The van der Waals surface area contributed by atoms with E-state index in [0.29, 0.717) is 59.5 Å². The van der Waals surface area contributed by atoms with Crippen LogP contribution in [0.2, 0.25) is 0 Å². The minimum atomic E-state index is -2.11. The quantitative estimate of drug-likeness (QED) is 0.0564. The Balaban J connectivity index is 1.25. The van der Waals surface area contributed by atoms with Gasteiger partial charge in [0.2, 0.25) is 11.8 Å². The van der Waals surface area contributed by atoms with Gasteiger partial charge in [-0.2, -0.15) is 0 Å². The maximum Gasteiger partial charge on any atom is 0.421 e. The minimum absolute atomic E-state index is 0.118. The second-order valence-electron chi connectivity index (χ2n) is 18.8. The van der Waals surface area contributed by atoms with Crippen molar-refractivity contribution in [3.63, 3.8) is 0 Å². The van der Waals surface area contributed by atoms with Crippen LogP contribution in [0.3, 0.4) is 0 Å². The summed E-state index contributed by atoms with van der Waals surface area (Å²) in [6.45, 7) is -0.0735. The monoisotopic (exact) mass is 994 g/mol. The van der Waals surface area contributed by atoms with Crippen LogP contribution in [-0.2, 0) is 35.9 Å². The summed E-state index contributed by atoms with van der Waals surface area (Å²) in [5.41, 5.74) is 1.49. The number of carbonyl (C=O) groups is 4. The Morgan fingerprint density at radius 2 is 1.41 bits per heavy atom. The van der Waals surface area contributed by atoms with Crippen molar-refractivity contribution in [3.05, 3.63) is 201 Å². The topological polar surface area (TPSA) is 178 Å². The number of non-ortho nitro benzene ring substituents is 1. The summed E-state index contributed by atoms with van der Waals surface area (Å²) in [5.74, 6) is 3.91. The van der Waals surface area contributed by atoms with E-state index in [1.165, 1.54) is 24.3 Å². The molecule has 4 aliphatic heterocycles. The lowest BCUT2D eigenvalue weighted by Crippen LogP contribution is -2.56. The third-order valence-electron chi connectivity index (χ3n) is 14.6. The molecule has 1 spiro atoms. The van der Waals surface area contributed by atoms with Gasteiger partial charge in [-0.25, -0.2) is 9.69 Å². The fourth-order valence-corrected chi connectivity index (χ4v) is 11.3. The first kappa shape index (κ1) is 49.3. The number of likely N-dealkylation sites (tertiary alicyclic amines) is 1. The third-order valence-corrected chi connectivity index (χ3v) is 14.6. The summed E-state index contributed by atoms with van der Waals surface area (Å²) in [6, 6.07) is 40.2. The number of anilines is 1. The van der Waals surface area contributed by atoms with Crippen molar-refractivity contribution in [1.29, 1.82) is 0 Å². The number of carbonyl (C=O) groups excluding carboxylic acids is 4. The highest BCUT2D eigenvalue weighted by atomic mass is 16.6. The summed E-state index contributed by atoms with van der Waals surface area (Å²) >= 11 is 0. The highest BCUT2D eigenvalue weighted by Crippen LogP contribution is 2.67. The van der Waals surface area contributed by atoms with Gasteiger partial charge in [-0.1, -0.05) is 110 Å². The van der Waals surface area contributed by atoms with Gasteiger partial charge in [-0.3, -0.25) is 29.4 Å². The van der Waals surface area contributed by atoms with Crippen LogP contribution in [0.15, 0.2) is 152 Å². The molecule has 0 aliphatic carbocycles. The zero-order valence-electron chi connectivity index (χ0n) is 40.7. The second-order valence-corrected chi connectivity index (χ2v) is 18.8. The second kappa shape index (κ2) is 21.4. The van der Waals surface area contributed by atoms with Crippen LogP contribution in [0.5, 0.6) is 11.5 Å². The zero-order valence-corrected chi connectivity index (χ0v) is 40.7. The van der Waals surface area contributed by atoms with E-state index in [1.54, 1.807) is 66.6 Å². The molecule has 0 aromatic heterocycles. The van der Waals surface area contributed by atoms with E-state index in [-0.39, 0.29) is 42.5 Å². The molecule has 0 bridgehead atoms. The van der Waals surface area contributed by atoms with Gasteiger partial charge in [0.05, 0.1) is 42.3 Å². The fraction of sp³-hybridized carbons (Fsp3) is 0.288. The Bertz CT molecular complexity index is 3120. The average Bonchev–Trinajstić information content (AvgIpc) is 3.88. The van der Waals surface area contributed by atoms with Gasteiger partial charge >= 0.3 is 12.1 Å². The minimum Gasteiger partial charge on any atom is -0.497 e. The number of morpholine rings is 1. The molecule has 4 aliphatic rings. The molecule has 1 N–H and O–H groups in total. The molecule has 3 fully saturated rings. The van der Waals surface area contributed by atoms with Gasteiger partial charge in [0, 0.05) is 41.9 Å². The molecule has 0 saturated carbocycles. The number of cyclic esters (lactones) is 1. The lowest BCUT2D eigenvalue weighted by Gasteiger charge is -2.46. The van der Waals surface area contributed by atoms with Crippen LogP contribution in [0.1, 0.15) is 89.2 Å². The number of benzene rings is 6. The molecule has 6 aromatic carbocycles. The maximum absolute atomic E-state index is 16.9. The van der Waals surface area contributed by atoms with Gasteiger partial charge in [0.25, 0.3) is 5.69 Å². The number of nitro benzene ring substituents is 1. The van der Waals surface area contributed by atoms with Gasteiger partial charge < -0.3 is 29.0 Å². The molecule has 15 nitrogen and oxygen atoms in total. The van der Waals surface area contributed by atoms with Gasteiger partial charge in [-0.15, -0.1) is 0 Å². The summed E-state index contributed by atoms with van der Waals surface area (Å²) in [6.07, 6.45) is 2.15. The van der Waals surface area contributed by atoms with Crippen molar-refractivity contribution in [2.24, 2.45) is 5.92 Å². The molecule has 0 radical (unpaired) electrons. The van der Waals surface area contributed by atoms with Crippen molar-refractivity contribution < 1.29 is 48.2 Å². The highest BCUT2D eigenvalue weighted by molar-refractivity contribution is 6.23. The Morgan fingerprint density at radius 3 is 2.08 bits per heavy atom. The smallest absolute Gasteiger partial charge is 0.421 e. The van der Waals surface area contributed by atoms with E-state index in [9.17, 15) is 15.2 Å². The first-order chi connectivity index (χ1) is 36.1. The van der Waals surface area contributed by atoms with Crippen LogP contribution < -0.4 is 14.4 Å². The van der Waals surface area contributed by atoms with Gasteiger partial charge in [-0.05, 0) is 95.8 Å². The lowest BCUT2D eigenvalue weighted by atomic mass is 9.64. The number of amides is 3. The molecular formula is C59H54N4O11. The number of para-hydroxylation sites is 1. The van der Waals surface area contributed by atoms with E-state index in [0.717, 1.165) is 29.7 Å². The van der Waals surface area contributed by atoms with Crippen LogP contribution in [-0.4, -0.2) is 83.2 Å². The van der Waals surface area contributed by atoms with E-state index in [2.05, 4.69) is 11.8 Å². The normalized spacial score (nSPS) is 22.3. The predicted octanol–water partition coefficient (Wildman–Crippen LogP) is 9.17. The predicted molar refractivity (Wildman–Crippen MR) is 273 cm³/mol. The third kappa shape index (κ3) is 9.11. The molecule has 376 valence electrons. The highest BCUT2D eigenvalue weighted by Gasteiger charge is 2.76. The van der Waals surface area contributed by atoms with Crippen LogP contribution >= 0.6 is 0 Å². The average molecular weight is 995 g/mol. The lowest BCUT2D eigenvalue weighted by molar-refractivity contribution is -0.384. The van der Waals surface area contributed by atoms with Gasteiger partial charge in [0.1, 0.15) is 42.3 Å². The number of hydrogen-bond acceptors (Lipinski definition) is 12. The Morgan fingerprint density at radius 1 is 0.770 bits per heavy atom. The van der Waals surface area contributed by atoms with E-state index in [4.69, 9.17) is 18.9 Å². The molecule has 4 heterocycles. The van der Waals surface area contributed by atoms with Crippen molar-refractivity contribution in [2.45, 2.75) is 68.4 Å². The molecular weight excluding hydrogens is 941 g/mol. The number of methoxy groups -OCH3 is 1. The molecule has 3 amide bonds. The number of imide groups is 1. The first-order valence-corrected chi connectivity index (χ1v) is 24.9. The van der Waals surface area contributed by atoms with Crippen molar-refractivity contribution >= 4 is 35.3 Å². The van der Waals surface area contributed by atoms with Crippen LogP contribution in [0.4, 0.5) is 16.2 Å². The van der Waals surface area contributed by atoms with Crippen molar-refractivity contribution in [2.75, 3.05) is 38.3 Å². The van der Waals surface area contributed by atoms with E-state index < -0.39 is 64.4 Å². The molecule has 6 aromatic rings. The summed E-state index contributed by atoms with van der Waals surface area (Å²) in [7, 11) is 1.58. The summed E-state index contributed by atoms with van der Waals surface area (Å²) in [4.78, 5) is 79.6. The number of nitro groups is 1. The number of rotatable bonds is 11. The van der Waals surface area contributed by atoms with Crippen molar-refractivity contribution in [1.82, 2.24) is 9.80 Å². The number of aliphatic hydroxyl groups is 1. The first-order valence-electron chi connectivity index (χ1n) is 24.9.